The standard InChI is InChI=1S/C17H18ClN3O4S/c1-21(2)17(23)14-8-7-12(10-15(14)18)19-16(22)11-5-4-6-13(9-11)20-26(3,24)25/h4-10,20H,1-3H3,(H,19,22). The van der Waals surface area contributed by atoms with E-state index in [4.69, 9.17) is 11.6 Å². The molecule has 0 heterocycles. The Morgan fingerprint density at radius 2 is 1.73 bits per heavy atom. The highest BCUT2D eigenvalue weighted by molar-refractivity contribution is 7.92. The fourth-order valence-corrected chi connectivity index (χ4v) is 2.96. The van der Waals surface area contributed by atoms with Gasteiger partial charge in [0.1, 0.15) is 0 Å². The lowest BCUT2D eigenvalue weighted by Crippen LogP contribution is -2.22. The summed E-state index contributed by atoms with van der Waals surface area (Å²) in [5.41, 5.74) is 1.29. The highest BCUT2D eigenvalue weighted by atomic mass is 35.5. The molecule has 0 aromatic heterocycles. The van der Waals surface area contributed by atoms with Gasteiger partial charge in [0.2, 0.25) is 10.0 Å². The van der Waals surface area contributed by atoms with Crippen LogP contribution in [0.1, 0.15) is 20.7 Å². The normalized spacial score (nSPS) is 10.9. The lowest BCUT2D eigenvalue weighted by molar-refractivity contribution is 0.0827. The molecule has 0 unspecified atom stereocenters. The Hall–Kier alpha value is -2.58. The molecule has 2 rings (SSSR count). The van der Waals surface area contributed by atoms with Crippen LogP contribution in [-0.2, 0) is 10.0 Å². The summed E-state index contributed by atoms with van der Waals surface area (Å²) in [5.74, 6) is -0.683. The minimum absolute atomic E-state index is 0.217. The molecule has 0 saturated heterocycles. The Balaban J connectivity index is 2.19. The molecule has 0 bridgehead atoms. The van der Waals surface area contributed by atoms with Crippen molar-refractivity contribution in [2.45, 2.75) is 0 Å². The Kier molecular flexibility index (Phi) is 5.89. The fraction of sp³-hybridized carbons (Fsp3) is 0.176. The number of sulfonamides is 1. The number of hydrogen-bond donors (Lipinski definition) is 2. The molecule has 9 heteroatoms. The molecule has 0 aliphatic rings. The van der Waals surface area contributed by atoms with Crippen LogP contribution in [0.2, 0.25) is 5.02 Å². The molecular formula is C17H18ClN3O4S. The predicted octanol–water partition coefficient (Wildman–Crippen LogP) is 2.67. The van der Waals surface area contributed by atoms with Gasteiger partial charge in [-0.25, -0.2) is 8.42 Å². The van der Waals surface area contributed by atoms with E-state index in [1.807, 2.05) is 0 Å². The molecule has 2 aromatic rings. The van der Waals surface area contributed by atoms with Crippen molar-refractivity contribution in [1.29, 1.82) is 0 Å². The monoisotopic (exact) mass is 395 g/mol. The van der Waals surface area contributed by atoms with Crippen molar-refractivity contribution in [3.63, 3.8) is 0 Å². The maximum Gasteiger partial charge on any atom is 0.255 e. The Morgan fingerprint density at radius 3 is 2.31 bits per heavy atom. The van der Waals surface area contributed by atoms with E-state index in [0.29, 0.717) is 11.3 Å². The minimum atomic E-state index is -3.44. The number of carbonyl (C=O) groups is 2. The maximum atomic E-state index is 12.4. The van der Waals surface area contributed by atoms with Gasteiger partial charge in [-0.2, -0.15) is 0 Å². The van der Waals surface area contributed by atoms with Gasteiger partial charge in [0, 0.05) is 31.0 Å². The number of benzene rings is 2. The van der Waals surface area contributed by atoms with Crippen LogP contribution in [0.25, 0.3) is 0 Å². The molecule has 0 spiro atoms. The van der Waals surface area contributed by atoms with Crippen LogP contribution in [0.15, 0.2) is 42.5 Å². The SMILES string of the molecule is CN(C)C(=O)c1ccc(NC(=O)c2cccc(NS(C)(=O)=O)c2)cc1Cl. The van der Waals surface area contributed by atoms with E-state index in [-0.39, 0.29) is 22.2 Å². The molecule has 0 aliphatic heterocycles. The molecule has 2 aromatic carbocycles. The minimum Gasteiger partial charge on any atom is -0.345 e. The maximum absolute atomic E-state index is 12.4. The quantitative estimate of drug-likeness (QED) is 0.813. The number of nitrogens with zero attached hydrogens (tertiary/aromatic N) is 1. The summed E-state index contributed by atoms with van der Waals surface area (Å²) in [7, 11) is -0.205. The lowest BCUT2D eigenvalue weighted by atomic mass is 10.1. The Morgan fingerprint density at radius 1 is 1.04 bits per heavy atom. The molecule has 2 amide bonds. The van der Waals surface area contributed by atoms with Crippen molar-refractivity contribution in [2.75, 3.05) is 30.4 Å². The summed E-state index contributed by atoms with van der Waals surface area (Å²) in [5, 5.41) is 2.88. The van der Waals surface area contributed by atoms with Gasteiger partial charge in [-0.15, -0.1) is 0 Å². The van der Waals surface area contributed by atoms with Gasteiger partial charge >= 0.3 is 0 Å². The van der Waals surface area contributed by atoms with Gasteiger partial charge in [0.15, 0.2) is 0 Å². The largest absolute Gasteiger partial charge is 0.345 e. The zero-order valence-electron chi connectivity index (χ0n) is 14.4. The summed E-state index contributed by atoms with van der Waals surface area (Å²) < 4.78 is 24.9. The van der Waals surface area contributed by atoms with Gasteiger partial charge in [0.05, 0.1) is 16.8 Å². The van der Waals surface area contributed by atoms with Crippen molar-refractivity contribution in [2.24, 2.45) is 0 Å². The number of anilines is 2. The zero-order valence-corrected chi connectivity index (χ0v) is 16.0. The molecular weight excluding hydrogens is 378 g/mol. The first kappa shape index (κ1) is 19.7. The number of hydrogen-bond acceptors (Lipinski definition) is 4. The summed E-state index contributed by atoms with van der Waals surface area (Å²) >= 11 is 6.12. The molecule has 0 saturated carbocycles. The first-order valence-electron chi connectivity index (χ1n) is 7.47. The van der Waals surface area contributed by atoms with Gasteiger partial charge in [-0.3, -0.25) is 14.3 Å². The molecule has 2 N–H and O–H groups in total. The fourth-order valence-electron chi connectivity index (χ4n) is 2.15. The average Bonchev–Trinajstić information content (AvgIpc) is 2.53. The second-order valence-electron chi connectivity index (χ2n) is 5.80. The van der Waals surface area contributed by atoms with Crippen LogP contribution in [0.3, 0.4) is 0 Å². The van der Waals surface area contributed by atoms with Gasteiger partial charge in [-0.1, -0.05) is 17.7 Å². The van der Waals surface area contributed by atoms with E-state index in [9.17, 15) is 18.0 Å². The van der Waals surface area contributed by atoms with E-state index in [0.717, 1.165) is 6.26 Å². The predicted molar refractivity (Wildman–Crippen MR) is 102 cm³/mol. The van der Waals surface area contributed by atoms with Crippen molar-refractivity contribution >= 4 is 44.8 Å². The molecule has 7 nitrogen and oxygen atoms in total. The van der Waals surface area contributed by atoms with Crippen LogP contribution in [0.4, 0.5) is 11.4 Å². The van der Waals surface area contributed by atoms with Crippen molar-refractivity contribution in [3.8, 4) is 0 Å². The first-order valence-corrected chi connectivity index (χ1v) is 9.74. The summed E-state index contributed by atoms with van der Waals surface area (Å²) in [6.45, 7) is 0. The Labute approximate surface area is 157 Å². The third-order valence-electron chi connectivity index (χ3n) is 3.29. The van der Waals surface area contributed by atoms with Crippen molar-refractivity contribution in [1.82, 2.24) is 4.90 Å². The Bertz CT molecular complexity index is 958. The van der Waals surface area contributed by atoms with E-state index in [1.165, 1.54) is 29.2 Å². The van der Waals surface area contributed by atoms with E-state index in [1.54, 1.807) is 32.3 Å². The topological polar surface area (TPSA) is 95.6 Å². The molecule has 0 atom stereocenters. The number of carbonyl (C=O) groups excluding carboxylic acids is 2. The third kappa shape index (κ3) is 5.21. The van der Waals surface area contributed by atoms with E-state index in [2.05, 4.69) is 10.0 Å². The molecule has 26 heavy (non-hydrogen) atoms. The van der Waals surface area contributed by atoms with Crippen molar-refractivity contribution < 1.29 is 18.0 Å². The highest BCUT2D eigenvalue weighted by Crippen LogP contribution is 2.23. The van der Waals surface area contributed by atoms with E-state index < -0.39 is 15.9 Å². The zero-order chi connectivity index (χ0) is 19.5. The number of amides is 2. The highest BCUT2D eigenvalue weighted by Gasteiger charge is 2.14. The van der Waals surface area contributed by atoms with Crippen molar-refractivity contribution in [3.05, 3.63) is 58.6 Å². The van der Waals surface area contributed by atoms with E-state index >= 15 is 0 Å². The summed E-state index contributed by atoms with van der Waals surface area (Å²) in [6.07, 6.45) is 1.03. The lowest BCUT2D eigenvalue weighted by Gasteiger charge is -2.13. The summed E-state index contributed by atoms with van der Waals surface area (Å²) in [4.78, 5) is 25.7. The number of nitrogens with one attached hydrogen (secondary N) is 2. The van der Waals surface area contributed by atoms with Crippen LogP contribution in [0.5, 0.6) is 0 Å². The molecule has 0 radical (unpaired) electrons. The second kappa shape index (κ2) is 7.76. The molecule has 0 aliphatic carbocycles. The van der Waals surface area contributed by atoms with Gasteiger partial charge in [-0.05, 0) is 36.4 Å². The van der Waals surface area contributed by atoms with Crippen LogP contribution in [-0.4, -0.2) is 45.5 Å². The van der Waals surface area contributed by atoms with Gasteiger partial charge in [0.25, 0.3) is 11.8 Å². The average molecular weight is 396 g/mol. The molecule has 138 valence electrons. The third-order valence-corrected chi connectivity index (χ3v) is 4.21. The smallest absolute Gasteiger partial charge is 0.255 e. The van der Waals surface area contributed by atoms with Crippen LogP contribution < -0.4 is 10.0 Å². The molecule has 0 fully saturated rings. The number of rotatable bonds is 5. The number of halogens is 1. The first-order chi connectivity index (χ1) is 12.1. The van der Waals surface area contributed by atoms with Gasteiger partial charge < -0.3 is 10.2 Å². The second-order valence-corrected chi connectivity index (χ2v) is 7.96. The van der Waals surface area contributed by atoms with Crippen LogP contribution in [0, 0.1) is 0 Å². The summed E-state index contributed by atoms with van der Waals surface area (Å²) in [6, 6.07) is 10.6. The van der Waals surface area contributed by atoms with Crippen LogP contribution >= 0.6 is 11.6 Å².